The average molecular weight is 861 g/mol. The van der Waals surface area contributed by atoms with Gasteiger partial charge in [0.05, 0.1) is 33.8 Å². The van der Waals surface area contributed by atoms with E-state index in [1.807, 2.05) is 24.3 Å². The summed E-state index contributed by atoms with van der Waals surface area (Å²) in [5.41, 5.74) is 10.3. The van der Waals surface area contributed by atoms with Crippen LogP contribution in [0.3, 0.4) is 0 Å². The summed E-state index contributed by atoms with van der Waals surface area (Å²) in [5.74, 6) is 1.82. The van der Waals surface area contributed by atoms with Crippen LogP contribution in [0.5, 0.6) is 0 Å². The van der Waals surface area contributed by atoms with E-state index < -0.39 is 0 Å². The number of hydrogen-bond acceptors (Lipinski definition) is 6. The highest BCUT2D eigenvalue weighted by atomic mass is 16.3. The fourth-order valence-corrected chi connectivity index (χ4v) is 10.7. The van der Waals surface area contributed by atoms with Crippen molar-refractivity contribution in [3.05, 3.63) is 206 Å². The van der Waals surface area contributed by atoms with E-state index in [1.54, 1.807) is 0 Å². The van der Waals surface area contributed by atoms with Crippen LogP contribution < -0.4 is 9.80 Å². The normalized spacial score (nSPS) is 12.2. The zero-order valence-corrected chi connectivity index (χ0v) is 36.7. The lowest BCUT2D eigenvalue weighted by Gasteiger charge is -2.30. The summed E-state index contributed by atoms with van der Waals surface area (Å²) < 4.78 is 13.6. The highest BCUT2D eigenvalue weighted by Gasteiger charge is 2.28. The highest BCUT2D eigenvalue weighted by molar-refractivity contribution is 6.29. The van der Waals surface area contributed by atoms with Crippen molar-refractivity contribution in [1.82, 2.24) is 9.97 Å². The Kier molecular flexibility index (Phi) is 8.07. The number of nitrogens with zero attached hydrogens (tertiary/aromatic N) is 4. The molecule has 0 saturated carbocycles. The number of rotatable bonds is 7. The predicted octanol–water partition coefficient (Wildman–Crippen LogP) is 17.5. The molecule has 6 heteroatoms. The molecule has 67 heavy (non-hydrogen) atoms. The predicted molar refractivity (Wildman–Crippen MR) is 279 cm³/mol. The minimum atomic E-state index is 0.209. The summed E-state index contributed by atoms with van der Waals surface area (Å²) in [6, 6.07) is 70.8. The molecule has 14 aromatic rings. The number of furan rings is 2. The maximum Gasteiger partial charge on any atom is 0.159 e. The van der Waals surface area contributed by atoms with Gasteiger partial charge in [0.25, 0.3) is 0 Å². The van der Waals surface area contributed by atoms with E-state index in [-0.39, 0.29) is 5.92 Å². The summed E-state index contributed by atoms with van der Waals surface area (Å²) in [6.07, 6.45) is 0. The Balaban J connectivity index is 1.08. The Morgan fingerprint density at radius 2 is 0.836 bits per heavy atom. The van der Waals surface area contributed by atoms with Crippen molar-refractivity contribution >= 4 is 132 Å². The van der Waals surface area contributed by atoms with Gasteiger partial charge in [0.2, 0.25) is 0 Å². The van der Waals surface area contributed by atoms with Crippen LogP contribution in [0.2, 0.25) is 0 Å². The van der Waals surface area contributed by atoms with Crippen molar-refractivity contribution in [3.8, 4) is 0 Å². The van der Waals surface area contributed by atoms with Gasteiger partial charge in [0.15, 0.2) is 11.2 Å². The Labute approximate surface area is 384 Å². The molecule has 0 N–H and O–H groups in total. The molecule has 0 aliphatic rings. The monoisotopic (exact) mass is 860 g/mol. The largest absolute Gasteiger partial charge is 0.454 e. The molecule has 6 nitrogen and oxygen atoms in total. The van der Waals surface area contributed by atoms with E-state index in [0.717, 1.165) is 116 Å². The zero-order chi connectivity index (χ0) is 44.3. The molecule has 14 rings (SSSR count). The van der Waals surface area contributed by atoms with Crippen LogP contribution in [0, 0.1) is 0 Å². The Bertz CT molecular complexity index is 4300. The third-order valence-electron chi connectivity index (χ3n) is 13.7. The maximum absolute atomic E-state index is 6.81. The van der Waals surface area contributed by atoms with Crippen molar-refractivity contribution in [2.75, 3.05) is 9.80 Å². The molecule has 10 aromatic carbocycles. The van der Waals surface area contributed by atoms with Gasteiger partial charge in [0, 0.05) is 43.1 Å². The Hall–Kier alpha value is -8.74. The Morgan fingerprint density at radius 1 is 0.358 bits per heavy atom. The number of fused-ring (bicyclic) bond motifs is 8. The fraction of sp³-hybridized carbons (Fsp3) is 0.0492. The topological polar surface area (TPSA) is 58.5 Å². The summed E-state index contributed by atoms with van der Waals surface area (Å²) in [7, 11) is 0. The first-order chi connectivity index (χ1) is 33.1. The van der Waals surface area contributed by atoms with Crippen LogP contribution >= 0.6 is 0 Å². The van der Waals surface area contributed by atoms with Crippen LogP contribution in [0.1, 0.15) is 25.3 Å². The molecule has 0 atom stereocenters. The highest BCUT2D eigenvalue weighted by Crippen LogP contribution is 2.51. The van der Waals surface area contributed by atoms with Crippen LogP contribution in [0.15, 0.2) is 209 Å². The number of anilines is 6. The first-order valence-electron chi connectivity index (χ1n) is 22.9. The van der Waals surface area contributed by atoms with Gasteiger partial charge in [-0.15, -0.1) is 0 Å². The molecule has 0 aliphatic heterocycles. The van der Waals surface area contributed by atoms with Gasteiger partial charge in [-0.05, 0) is 106 Å². The lowest BCUT2D eigenvalue weighted by molar-refractivity contribution is 0.668. The lowest BCUT2D eigenvalue weighted by Crippen LogP contribution is -2.14. The molecule has 0 aliphatic carbocycles. The van der Waals surface area contributed by atoms with E-state index in [0.29, 0.717) is 0 Å². The summed E-state index contributed by atoms with van der Waals surface area (Å²) in [5, 5.41) is 13.5. The quantitative estimate of drug-likeness (QED) is 0.149. The third-order valence-corrected chi connectivity index (χ3v) is 13.7. The van der Waals surface area contributed by atoms with E-state index >= 15 is 0 Å². The average Bonchev–Trinajstić information content (AvgIpc) is 3.96. The zero-order valence-electron chi connectivity index (χ0n) is 36.7. The second-order valence-electron chi connectivity index (χ2n) is 17.9. The van der Waals surface area contributed by atoms with Crippen molar-refractivity contribution in [3.63, 3.8) is 0 Å². The van der Waals surface area contributed by atoms with Gasteiger partial charge in [0.1, 0.15) is 22.8 Å². The van der Waals surface area contributed by atoms with E-state index in [4.69, 9.17) is 18.8 Å². The molecule has 0 radical (unpaired) electrons. The van der Waals surface area contributed by atoms with E-state index in [2.05, 4.69) is 200 Å². The SMILES string of the molecule is CC(C)c1cc(N(c2ccc3ccccc3n2)c2cccc3c2oc2ccccc23)c2ccc3ccc(N(c4ccc5ccccc5n4)c4cccc5c4oc4ccccc45)c4ccc1c2c34. The first kappa shape index (κ1) is 37.6. The van der Waals surface area contributed by atoms with Gasteiger partial charge in [-0.25, -0.2) is 9.97 Å². The van der Waals surface area contributed by atoms with Gasteiger partial charge >= 0.3 is 0 Å². The van der Waals surface area contributed by atoms with E-state index in [1.165, 1.54) is 21.7 Å². The molecule has 0 unspecified atom stereocenters. The van der Waals surface area contributed by atoms with Crippen LogP contribution in [0.4, 0.5) is 34.4 Å². The number of aromatic nitrogens is 2. The molecule has 0 amide bonds. The molecular weight excluding hydrogens is 821 g/mol. The number of pyridine rings is 2. The van der Waals surface area contributed by atoms with Crippen molar-refractivity contribution in [2.24, 2.45) is 0 Å². The van der Waals surface area contributed by atoms with Crippen molar-refractivity contribution < 1.29 is 8.83 Å². The van der Waals surface area contributed by atoms with Crippen molar-refractivity contribution in [2.45, 2.75) is 19.8 Å². The summed E-state index contributed by atoms with van der Waals surface area (Å²) in [6.45, 7) is 4.59. The molecule has 0 fully saturated rings. The van der Waals surface area contributed by atoms with Gasteiger partial charge in [-0.1, -0.05) is 141 Å². The number of benzene rings is 10. The van der Waals surface area contributed by atoms with Crippen molar-refractivity contribution in [1.29, 1.82) is 0 Å². The first-order valence-corrected chi connectivity index (χ1v) is 22.9. The van der Waals surface area contributed by atoms with Crippen LogP contribution in [-0.4, -0.2) is 9.97 Å². The minimum Gasteiger partial charge on any atom is -0.454 e. The van der Waals surface area contributed by atoms with Gasteiger partial charge in [-0.3, -0.25) is 9.80 Å². The number of para-hydroxylation sites is 6. The van der Waals surface area contributed by atoms with Crippen LogP contribution in [0.25, 0.3) is 98.0 Å². The van der Waals surface area contributed by atoms with Gasteiger partial charge < -0.3 is 8.83 Å². The summed E-state index contributed by atoms with van der Waals surface area (Å²) >= 11 is 0. The smallest absolute Gasteiger partial charge is 0.159 e. The second-order valence-corrected chi connectivity index (χ2v) is 17.9. The van der Waals surface area contributed by atoms with Crippen LogP contribution in [-0.2, 0) is 0 Å². The third kappa shape index (κ3) is 5.63. The second kappa shape index (κ2) is 14.4. The minimum absolute atomic E-state index is 0.209. The number of hydrogen-bond donors (Lipinski definition) is 0. The lowest BCUT2D eigenvalue weighted by atomic mass is 9.86. The Morgan fingerprint density at radius 3 is 1.45 bits per heavy atom. The molecule has 316 valence electrons. The maximum atomic E-state index is 6.81. The van der Waals surface area contributed by atoms with Gasteiger partial charge in [-0.2, -0.15) is 0 Å². The molecule has 0 saturated heterocycles. The molecular formula is C61H40N4O2. The molecule has 0 bridgehead atoms. The molecule has 0 spiro atoms. The fourth-order valence-electron chi connectivity index (χ4n) is 10.7. The molecule has 4 heterocycles. The molecule has 4 aromatic heterocycles. The van der Waals surface area contributed by atoms with E-state index in [9.17, 15) is 0 Å². The summed E-state index contributed by atoms with van der Waals surface area (Å²) in [4.78, 5) is 15.4. The standard InChI is InChI=1S/C61H40N4O2/c1-36(2)47-35-53(65(57-34-28-38-14-4-8-20-49(38)63-57)52-22-12-18-44-41-16-6-10-24-55(41)67-61(44)52)46-29-25-39-26-32-50(45-31-30-42(47)59(46)58(39)45)64(56-33-27-37-13-3-7-19-48(37)62-56)51-21-11-17-43-40-15-5-9-23-54(40)66-60(43)51/h3-36H,1-2H3.